The standard InChI is InChI=1S/C15H21NO3/c1-16-9-5-8-14(16)15(18)19-11-13(17)10-12-6-3-2-4-7-12/h2-4,6-7,13-14,17H,5,8-11H2,1H3. The van der Waals surface area contributed by atoms with Crippen molar-refractivity contribution >= 4 is 5.97 Å². The maximum absolute atomic E-state index is 11.8. The summed E-state index contributed by atoms with van der Waals surface area (Å²) >= 11 is 0. The second-order valence-corrected chi connectivity index (χ2v) is 5.11. The first-order chi connectivity index (χ1) is 9.16. The molecule has 1 fully saturated rings. The van der Waals surface area contributed by atoms with E-state index in [9.17, 15) is 9.90 Å². The van der Waals surface area contributed by atoms with E-state index in [2.05, 4.69) is 0 Å². The van der Waals surface area contributed by atoms with E-state index in [-0.39, 0.29) is 18.6 Å². The lowest BCUT2D eigenvalue weighted by Gasteiger charge is -2.19. The first-order valence-electron chi connectivity index (χ1n) is 6.75. The highest BCUT2D eigenvalue weighted by molar-refractivity contribution is 5.76. The van der Waals surface area contributed by atoms with E-state index in [1.54, 1.807) is 0 Å². The van der Waals surface area contributed by atoms with Crippen LogP contribution in [0.15, 0.2) is 30.3 Å². The van der Waals surface area contributed by atoms with E-state index in [0.29, 0.717) is 6.42 Å². The highest BCUT2D eigenvalue weighted by Crippen LogP contribution is 2.16. The molecule has 2 rings (SSSR count). The van der Waals surface area contributed by atoms with Crippen LogP contribution >= 0.6 is 0 Å². The Kier molecular flexibility index (Phi) is 4.93. The van der Waals surface area contributed by atoms with Crippen LogP contribution in [0.2, 0.25) is 0 Å². The van der Waals surface area contributed by atoms with Crippen molar-refractivity contribution in [2.75, 3.05) is 20.2 Å². The molecule has 2 unspecified atom stereocenters. The predicted octanol–water partition coefficient (Wildman–Crippen LogP) is 1.23. The number of benzene rings is 1. The van der Waals surface area contributed by atoms with Crippen molar-refractivity contribution in [3.05, 3.63) is 35.9 Å². The second kappa shape index (κ2) is 6.68. The summed E-state index contributed by atoms with van der Waals surface area (Å²) in [5.74, 6) is -0.216. The van der Waals surface area contributed by atoms with Crippen LogP contribution in [-0.2, 0) is 16.0 Å². The van der Waals surface area contributed by atoms with Gasteiger partial charge in [0.05, 0.1) is 6.10 Å². The molecule has 1 aromatic rings. The van der Waals surface area contributed by atoms with E-state index in [1.807, 2.05) is 42.3 Å². The zero-order valence-electron chi connectivity index (χ0n) is 11.3. The number of ether oxygens (including phenoxy) is 1. The number of rotatable bonds is 5. The van der Waals surface area contributed by atoms with Gasteiger partial charge in [-0.15, -0.1) is 0 Å². The molecular weight excluding hydrogens is 242 g/mol. The normalized spacial score (nSPS) is 21.3. The fraction of sp³-hybridized carbons (Fsp3) is 0.533. The molecular formula is C15H21NO3. The fourth-order valence-corrected chi connectivity index (χ4v) is 2.43. The van der Waals surface area contributed by atoms with E-state index in [0.717, 1.165) is 24.9 Å². The summed E-state index contributed by atoms with van der Waals surface area (Å²) < 4.78 is 5.20. The molecule has 104 valence electrons. The summed E-state index contributed by atoms with van der Waals surface area (Å²) in [5, 5.41) is 9.87. The molecule has 0 aliphatic carbocycles. The molecule has 0 bridgehead atoms. The topological polar surface area (TPSA) is 49.8 Å². The first kappa shape index (κ1) is 14.0. The number of aliphatic hydroxyl groups excluding tert-OH is 1. The summed E-state index contributed by atoms with van der Waals surface area (Å²) in [6.07, 6.45) is 1.75. The van der Waals surface area contributed by atoms with Gasteiger partial charge in [0.1, 0.15) is 12.6 Å². The Balaban J connectivity index is 1.74. The van der Waals surface area contributed by atoms with E-state index < -0.39 is 6.10 Å². The molecule has 4 nitrogen and oxygen atoms in total. The van der Waals surface area contributed by atoms with Crippen LogP contribution in [0.25, 0.3) is 0 Å². The van der Waals surface area contributed by atoms with Gasteiger partial charge in [-0.2, -0.15) is 0 Å². The average Bonchev–Trinajstić information content (AvgIpc) is 2.83. The molecule has 1 saturated heterocycles. The predicted molar refractivity (Wildman–Crippen MR) is 72.8 cm³/mol. The van der Waals surface area contributed by atoms with Gasteiger partial charge in [-0.1, -0.05) is 30.3 Å². The SMILES string of the molecule is CN1CCCC1C(=O)OCC(O)Cc1ccccc1. The Morgan fingerprint density at radius 2 is 2.21 bits per heavy atom. The fourth-order valence-electron chi connectivity index (χ4n) is 2.43. The van der Waals surface area contributed by atoms with Crippen LogP contribution in [0.3, 0.4) is 0 Å². The largest absolute Gasteiger partial charge is 0.462 e. The number of carbonyl (C=O) groups excluding carboxylic acids is 1. The number of likely N-dealkylation sites (tertiary alicyclic amines) is 1. The Hall–Kier alpha value is -1.39. The Labute approximate surface area is 114 Å². The average molecular weight is 263 g/mol. The molecule has 2 atom stereocenters. The maximum Gasteiger partial charge on any atom is 0.323 e. The molecule has 19 heavy (non-hydrogen) atoms. The monoisotopic (exact) mass is 263 g/mol. The van der Waals surface area contributed by atoms with Gasteiger partial charge in [-0.05, 0) is 32.0 Å². The van der Waals surface area contributed by atoms with Gasteiger partial charge in [0.15, 0.2) is 0 Å². The van der Waals surface area contributed by atoms with Crippen molar-refractivity contribution in [1.29, 1.82) is 0 Å². The first-order valence-corrected chi connectivity index (χ1v) is 6.75. The zero-order chi connectivity index (χ0) is 13.7. The van der Waals surface area contributed by atoms with E-state index in [4.69, 9.17) is 4.74 Å². The summed E-state index contributed by atoms with van der Waals surface area (Å²) in [5.41, 5.74) is 1.05. The number of esters is 1. The highest BCUT2D eigenvalue weighted by atomic mass is 16.5. The third-order valence-corrected chi connectivity index (χ3v) is 3.52. The van der Waals surface area contributed by atoms with Crippen LogP contribution in [0.4, 0.5) is 0 Å². The maximum atomic E-state index is 11.8. The molecule has 4 heteroatoms. The molecule has 1 aliphatic rings. The number of hydrogen-bond acceptors (Lipinski definition) is 4. The van der Waals surface area contributed by atoms with Gasteiger partial charge in [-0.25, -0.2) is 0 Å². The number of nitrogens with zero attached hydrogens (tertiary/aromatic N) is 1. The summed E-state index contributed by atoms with van der Waals surface area (Å²) in [6.45, 7) is 1.00. The Morgan fingerprint density at radius 3 is 2.84 bits per heavy atom. The molecule has 1 aliphatic heterocycles. The van der Waals surface area contributed by atoms with Crippen molar-refractivity contribution < 1.29 is 14.6 Å². The molecule has 1 heterocycles. The minimum absolute atomic E-state index is 0.0675. The smallest absolute Gasteiger partial charge is 0.323 e. The molecule has 1 aromatic carbocycles. The molecule has 0 aromatic heterocycles. The van der Waals surface area contributed by atoms with Gasteiger partial charge >= 0.3 is 5.97 Å². The van der Waals surface area contributed by atoms with Crippen LogP contribution in [0.5, 0.6) is 0 Å². The molecule has 0 saturated carbocycles. The third-order valence-electron chi connectivity index (χ3n) is 3.52. The molecule has 0 radical (unpaired) electrons. The third kappa shape index (κ3) is 4.04. The minimum Gasteiger partial charge on any atom is -0.462 e. The Morgan fingerprint density at radius 1 is 1.47 bits per heavy atom. The summed E-state index contributed by atoms with van der Waals surface area (Å²) in [4.78, 5) is 13.8. The second-order valence-electron chi connectivity index (χ2n) is 5.11. The number of hydrogen-bond donors (Lipinski definition) is 1. The van der Waals surface area contributed by atoms with E-state index in [1.165, 1.54) is 0 Å². The molecule has 1 N–H and O–H groups in total. The zero-order valence-corrected chi connectivity index (χ0v) is 11.3. The van der Waals surface area contributed by atoms with Gasteiger partial charge in [0.2, 0.25) is 0 Å². The van der Waals surface area contributed by atoms with Crippen LogP contribution in [0.1, 0.15) is 18.4 Å². The molecule has 0 spiro atoms. The van der Waals surface area contributed by atoms with Crippen molar-refractivity contribution in [2.24, 2.45) is 0 Å². The van der Waals surface area contributed by atoms with Crippen LogP contribution < -0.4 is 0 Å². The van der Waals surface area contributed by atoms with Crippen molar-refractivity contribution in [3.8, 4) is 0 Å². The summed E-state index contributed by atoms with van der Waals surface area (Å²) in [6, 6.07) is 9.57. The van der Waals surface area contributed by atoms with Crippen LogP contribution in [-0.4, -0.2) is 48.3 Å². The quantitative estimate of drug-likeness (QED) is 0.812. The van der Waals surface area contributed by atoms with Crippen molar-refractivity contribution in [3.63, 3.8) is 0 Å². The van der Waals surface area contributed by atoms with Gasteiger partial charge < -0.3 is 9.84 Å². The number of carbonyl (C=O) groups is 1. The Bertz CT molecular complexity index is 407. The highest BCUT2D eigenvalue weighted by Gasteiger charge is 2.29. The van der Waals surface area contributed by atoms with Gasteiger partial charge in [0.25, 0.3) is 0 Å². The lowest BCUT2D eigenvalue weighted by molar-refractivity contribution is -0.151. The summed E-state index contributed by atoms with van der Waals surface area (Å²) in [7, 11) is 1.93. The number of likely N-dealkylation sites (N-methyl/N-ethyl adjacent to an activating group) is 1. The van der Waals surface area contributed by atoms with E-state index >= 15 is 0 Å². The lowest BCUT2D eigenvalue weighted by Crippen LogP contribution is -2.36. The van der Waals surface area contributed by atoms with Crippen molar-refractivity contribution in [1.82, 2.24) is 4.90 Å². The lowest BCUT2D eigenvalue weighted by atomic mass is 10.1. The van der Waals surface area contributed by atoms with Crippen molar-refractivity contribution in [2.45, 2.75) is 31.4 Å². The number of aliphatic hydroxyl groups is 1. The van der Waals surface area contributed by atoms with Crippen LogP contribution in [0, 0.1) is 0 Å². The minimum atomic E-state index is -0.641. The van der Waals surface area contributed by atoms with Gasteiger partial charge in [-0.3, -0.25) is 9.69 Å². The molecule has 0 amide bonds. The van der Waals surface area contributed by atoms with Gasteiger partial charge in [0, 0.05) is 6.42 Å².